The number of allylic oxidation sites excluding steroid dienone is 1. The quantitative estimate of drug-likeness (QED) is 0.765. The van der Waals surface area contributed by atoms with Crippen molar-refractivity contribution in [2.24, 2.45) is 0 Å². The number of aromatic nitrogens is 1. The van der Waals surface area contributed by atoms with E-state index < -0.39 is 17.1 Å². The van der Waals surface area contributed by atoms with Crippen molar-refractivity contribution in [2.45, 2.75) is 39.0 Å². The first kappa shape index (κ1) is 14.5. The first-order valence-electron chi connectivity index (χ1n) is 6.91. The second-order valence-electron chi connectivity index (χ2n) is 5.49. The van der Waals surface area contributed by atoms with Crippen molar-refractivity contribution < 1.29 is 24.5 Å². The lowest BCUT2D eigenvalue weighted by atomic mass is 9.86. The van der Waals surface area contributed by atoms with Crippen molar-refractivity contribution in [3.05, 3.63) is 38.8 Å². The number of pyridine rings is 1. The Hall–Kier alpha value is -2.41. The molecule has 0 aliphatic carbocycles. The fourth-order valence-corrected chi connectivity index (χ4v) is 2.92. The Morgan fingerprint density at radius 1 is 1.45 bits per heavy atom. The Balaban J connectivity index is 2.30. The van der Waals surface area contributed by atoms with Gasteiger partial charge in [0.05, 0.1) is 23.4 Å². The Kier molecular flexibility index (Phi) is 3.00. The normalized spacial score (nSPS) is 23.1. The molecule has 0 bridgehead atoms. The van der Waals surface area contributed by atoms with Gasteiger partial charge >= 0.3 is 5.97 Å². The second kappa shape index (κ2) is 4.54. The zero-order valence-corrected chi connectivity index (χ0v) is 12.2. The number of ketones is 1. The monoisotopic (exact) mass is 305 g/mol. The average Bonchev–Trinajstić information content (AvgIpc) is 2.82. The molecular formula is C15H15NO6. The van der Waals surface area contributed by atoms with Crippen LogP contribution in [0.25, 0.3) is 5.76 Å². The van der Waals surface area contributed by atoms with Crippen LogP contribution in [0.4, 0.5) is 0 Å². The maximum atomic E-state index is 12.5. The Morgan fingerprint density at radius 2 is 2.14 bits per heavy atom. The predicted octanol–water partition coefficient (Wildman–Crippen LogP) is 0.374. The molecule has 0 amide bonds. The van der Waals surface area contributed by atoms with Crippen LogP contribution in [-0.4, -0.2) is 26.5 Å². The molecule has 7 heteroatoms. The van der Waals surface area contributed by atoms with Gasteiger partial charge in [-0.05, 0) is 19.4 Å². The largest absolute Gasteiger partial charge is 0.505 e. The third-order valence-corrected chi connectivity index (χ3v) is 4.31. The maximum absolute atomic E-state index is 12.5. The van der Waals surface area contributed by atoms with E-state index in [2.05, 4.69) is 0 Å². The summed E-state index contributed by atoms with van der Waals surface area (Å²) in [6.07, 6.45) is 0.0335. The van der Waals surface area contributed by atoms with Gasteiger partial charge in [-0.3, -0.25) is 9.59 Å². The summed E-state index contributed by atoms with van der Waals surface area (Å²) in [6.45, 7) is 2.64. The molecule has 0 fully saturated rings. The van der Waals surface area contributed by atoms with Gasteiger partial charge in [-0.2, -0.15) is 0 Å². The fourth-order valence-electron chi connectivity index (χ4n) is 2.92. The van der Waals surface area contributed by atoms with Crippen LogP contribution in [-0.2, 0) is 33.1 Å². The van der Waals surface area contributed by atoms with Crippen LogP contribution in [0.15, 0.2) is 16.4 Å². The SMILES string of the molecule is CC[C@@]1(O)C(=O)OCc2c1cc1n(c2=O)CC(C(C)=O)=C1O. The summed E-state index contributed by atoms with van der Waals surface area (Å²) in [5, 5.41) is 20.7. The highest BCUT2D eigenvalue weighted by Crippen LogP contribution is 2.36. The van der Waals surface area contributed by atoms with E-state index >= 15 is 0 Å². The van der Waals surface area contributed by atoms with E-state index in [-0.39, 0.29) is 53.5 Å². The lowest BCUT2D eigenvalue weighted by molar-refractivity contribution is -0.172. The van der Waals surface area contributed by atoms with Crippen LogP contribution >= 0.6 is 0 Å². The van der Waals surface area contributed by atoms with Gasteiger partial charge in [0, 0.05) is 5.56 Å². The van der Waals surface area contributed by atoms with Crippen LogP contribution < -0.4 is 5.56 Å². The Bertz CT molecular complexity index is 803. The van der Waals surface area contributed by atoms with Crippen molar-refractivity contribution in [3.63, 3.8) is 0 Å². The van der Waals surface area contributed by atoms with E-state index in [1.807, 2.05) is 0 Å². The molecule has 2 aliphatic heterocycles. The molecule has 2 N–H and O–H groups in total. The number of aliphatic hydroxyl groups is 2. The zero-order valence-electron chi connectivity index (χ0n) is 12.2. The Morgan fingerprint density at radius 3 is 2.73 bits per heavy atom. The number of aliphatic hydroxyl groups excluding tert-OH is 1. The van der Waals surface area contributed by atoms with Gasteiger partial charge in [0.25, 0.3) is 5.56 Å². The average molecular weight is 305 g/mol. The van der Waals surface area contributed by atoms with Gasteiger partial charge in [-0.15, -0.1) is 0 Å². The number of Topliss-reactive ketones (excluding diaryl/α,β-unsaturated/α-hetero) is 1. The van der Waals surface area contributed by atoms with Crippen molar-refractivity contribution >= 4 is 17.5 Å². The highest BCUT2D eigenvalue weighted by Gasteiger charge is 2.45. The molecule has 1 aromatic heterocycles. The van der Waals surface area contributed by atoms with E-state index in [0.29, 0.717) is 0 Å². The third kappa shape index (κ3) is 1.69. The molecule has 1 aromatic rings. The summed E-state index contributed by atoms with van der Waals surface area (Å²) in [5.41, 5.74) is -1.82. The van der Waals surface area contributed by atoms with Gasteiger partial charge < -0.3 is 19.5 Å². The van der Waals surface area contributed by atoms with Gasteiger partial charge in [-0.1, -0.05) is 6.92 Å². The van der Waals surface area contributed by atoms with E-state index in [9.17, 15) is 24.6 Å². The van der Waals surface area contributed by atoms with Crippen LogP contribution in [0.1, 0.15) is 37.1 Å². The van der Waals surface area contributed by atoms with Crippen molar-refractivity contribution in [1.29, 1.82) is 0 Å². The number of ether oxygens (including phenoxy) is 1. The van der Waals surface area contributed by atoms with Crippen molar-refractivity contribution in [2.75, 3.05) is 0 Å². The number of hydrogen-bond acceptors (Lipinski definition) is 6. The summed E-state index contributed by atoms with van der Waals surface area (Å²) < 4.78 is 6.16. The summed E-state index contributed by atoms with van der Waals surface area (Å²) >= 11 is 0. The summed E-state index contributed by atoms with van der Waals surface area (Å²) in [7, 11) is 0. The molecule has 0 spiro atoms. The number of hydrogen-bond donors (Lipinski definition) is 2. The number of nitrogens with zero attached hydrogens (tertiary/aromatic N) is 1. The number of rotatable bonds is 2. The first-order chi connectivity index (χ1) is 10.3. The fraction of sp³-hybridized carbons (Fsp3) is 0.400. The molecule has 3 heterocycles. The molecule has 3 rings (SSSR count). The first-order valence-corrected chi connectivity index (χ1v) is 6.91. The highest BCUT2D eigenvalue weighted by atomic mass is 16.6. The molecule has 7 nitrogen and oxygen atoms in total. The molecule has 22 heavy (non-hydrogen) atoms. The summed E-state index contributed by atoms with van der Waals surface area (Å²) in [4.78, 5) is 35.9. The van der Waals surface area contributed by atoms with E-state index in [4.69, 9.17) is 4.74 Å². The number of carbonyl (C=O) groups excluding carboxylic acids is 2. The van der Waals surface area contributed by atoms with Crippen LogP contribution in [0.5, 0.6) is 0 Å². The van der Waals surface area contributed by atoms with Gasteiger partial charge in [0.1, 0.15) is 12.4 Å². The number of cyclic esters (lactones) is 1. The number of carbonyl (C=O) groups is 2. The lowest BCUT2D eigenvalue weighted by Gasteiger charge is -2.31. The highest BCUT2D eigenvalue weighted by molar-refractivity contribution is 6.00. The Labute approximate surface area is 125 Å². The number of fused-ring (bicyclic) bond motifs is 2. The molecule has 0 unspecified atom stereocenters. The van der Waals surface area contributed by atoms with E-state index in [1.165, 1.54) is 17.6 Å². The predicted molar refractivity (Wildman–Crippen MR) is 74.9 cm³/mol. The van der Waals surface area contributed by atoms with Crippen molar-refractivity contribution in [1.82, 2.24) is 4.57 Å². The summed E-state index contributed by atoms with van der Waals surface area (Å²) in [5.74, 6) is -1.44. The van der Waals surface area contributed by atoms with E-state index in [0.717, 1.165) is 0 Å². The third-order valence-electron chi connectivity index (χ3n) is 4.31. The maximum Gasteiger partial charge on any atom is 0.343 e. The molecular weight excluding hydrogens is 290 g/mol. The molecule has 0 saturated heterocycles. The van der Waals surface area contributed by atoms with Crippen LogP contribution in [0, 0.1) is 0 Å². The van der Waals surface area contributed by atoms with Gasteiger partial charge in [-0.25, -0.2) is 4.79 Å². The van der Waals surface area contributed by atoms with E-state index in [1.54, 1.807) is 6.92 Å². The minimum atomic E-state index is -1.92. The zero-order chi connectivity index (χ0) is 16.2. The minimum absolute atomic E-state index is 0.0267. The smallest absolute Gasteiger partial charge is 0.343 e. The number of esters is 1. The second-order valence-corrected chi connectivity index (χ2v) is 5.49. The molecule has 0 saturated carbocycles. The summed E-state index contributed by atoms with van der Waals surface area (Å²) in [6, 6.07) is 1.39. The minimum Gasteiger partial charge on any atom is -0.505 e. The van der Waals surface area contributed by atoms with Crippen LogP contribution in [0.2, 0.25) is 0 Å². The molecule has 0 radical (unpaired) electrons. The molecule has 1 atom stereocenters. The lowest BCUT2D eigenvalue weighted by Crippen LogP contribution is -2.44. The van der Waals surface area contributed by atoms with Gasteiger partial charge in [0.15, 0.2) is 11.4 Å². The van der Waals surface area contributed by atoms with Crippen LogP contribution in [0.3, 0.4) is 0 Å². The molecule has 116 valence electrons. The van der Waals surface area contributed by atoms with Gasteiger partial charge in [0.2, 0.25) is 0 Å². The van der Waals surface area contributed by atoms with Crippen molar-refractivity contribution in [3.8, 4) is 0 Å². The molecule has 0 aromatic carbocycles. The standard InChI is InChI=1S/C15H15NO6/c1-3-15(21)10-4-11-12(18)8(7(2)17)5-16(11)13(19)9(10)6-22-14(15)20/h4,18,21H,3,5-6H2,1-2H3/t15-/m0/s1. The topological polar surface area (TPSA) is 106 Å². The molecule has 2 aliphatic rings.